The van der Waals surface area contributed by atoms with Crippen LogP contribution in [0.3, 0.4) is 0 Å². The molecule has 0 saturated carbocycles. The van der Waals surface area contributed by atoms with E-state index in [1.165, 1.54) is 12.2 Å². The van der Waals surface area contributed by atoms with Crippen LogP contribution in [0.2, 0.25) is 0 Å². The maximum atomic E-state index is 11.6. The molecule has 116 valence electrons. The molecule has 0 aliphatic carbocycles. The fraction of sp³-hybridized carbons (Fsp3) is 0.250. The van der Waals surface area contributed by atoms with Crippen LogP contribution >= 0.6 is 0 Å². The zero-order valence-electron chi connectivity index (χ0n) is 12.2. The molecule has 4 N–H and O–H groups in total. The van der Waals surface area contributed by atoms with Crippen LogP contribution in [0, 0.1) is 11.8 Å². The van der Waals surface area contributed by atoms with Crippen molar-refractivity contribution in [2.24, 2.45) is 5.73 Å². The molecule has 1 aromatic carbocycles. The topological polar surface area (TPSA) is 102 Å². The first-order valence-corrected chi connectivity index (χ1v) is 6.59. The third-order valence-corrected chi connectivity index (χ3v) is 2.57. The Morgan fingerprint density at radius 3 is 2.64 bits per heavy atom. The molecule has 0 heterocycles. The second-order valence-electron chi connectivity index (χ2n) is 4.33. The predicted molar refractivity (Wildman–Crippen MR) is 81.8 cm³/mol. The molecule has 0 aliphatic rings. The van der Waals surface area contributed by atoms with Crippen LogP contribution in [0.15, 0.2) is 42.5 Å². The lowest BCUT2D eigenvalue weighted by Gasteiger charge is -2.11. The van der Waals surface area contributed by atoms with Crippen molar-refractivity contribution < 1.29 is 19.4 Å². The van der Waals surface area contributed by atoms with Gasteiger partial charge < -0.3 is 20.9 Å². The Kier molecular flexibility index (Phi) is 7.23. The number of carboxylic acids is 1. The first kappa shape index (κ1) is 17.3. The van der Waals surface area contributed by atoms with Gasteiger partial charge in [0, 0.05) is 0 Å². The third-order valence-electron chi connectivity index (χ3n) is 2.57. The lowest BCUT2D eigenvalue weighted by atomic mass is 10.2. The van der Waals surface area contributed by atoms with Crippen LogP contribution in [0.4, 0.5) is 4.79 Å². The molecule has 2 atom stereocenters. The van der Waals surface area contributed by atoms with Gasteiger partial charge in [-0.05, 0) is 12.5 Å². The Morgan fingerprint density at radius 1 is 1.36 bits per heavy atom. The lowest BCUT2D eigenvalue weighted by Crippen LogP contribution is -2.39. The van der Waals surface area contributed by atoms with Gasteiger partial charge in [-0.25, -0.2) is 9.59 Å². The van der Waals surface area contributed by atoms with Crippen molar-refractivity contribution in [2.75, 3.05) is 0 Å². The molecule has 0 fully saturated rings. The van der Waals surface area contributed by atoms with E-state index in [0.29, 0.717) is 0 Å². The van der Waals surface area contributed by atoms with Crippen LogP contribution in [-0.4, -0.2) is 29.3 Å². The minimum absolute atomic E-state index is 0.0591. The van der Waals surface area contributed by atoms with E-state index in [-0.39, 0.29) is 6.61 Å². The molecule has 0 spiro atoms. The molecular formula is C16H18N2O4. The normalized spacial score (nSPS) is 12.8. The molecule has 0 aliphatic heterocycles. The molecule has 6 nitrogen and oxygen atoms in total. The second kappa shape index (κ2) is 9.21. The van der Waals surface area contributed by atoms with Crippen LogP contribution in [0.5, 0.6) is 0 Å². The van der Waals surface area contributed by atoms with E-state index in [1.54, 1.807) is 19.1 Å². The highest BCUT2D eigenvalue weighted by molar-refractivity contribution is 5.81. The molecule has 0 aromatic heterocycles. The summed E-state index contributed by atoms with van der Waals surface area (Å²) in [5.41, 5.74) is 6.41. The largest absolute Gasteiger partial charge is 0.479 e. The molecule has 2 unspecified atom stereocenters. The quantitative estimate of drug-likeness (QED) is 0.542. The fourth-order valence-electron chi connectivity index (χ4n) is 1.53. The smallest absolute Gasteiger partial charge is 0.408 e. The van der Waals surface area contributed by atoms with Crippen molar-refractivity contribution in [1.29, 1.82) is 0 Å². The summed E-state index contributed by atoms with van der Waals surface area (Å²) in [5, 5.41) is 11.3. The highest BCUT2D eigenvalue weighted by Gasteiger charge is 2.17. The molecule has 0 saturated heterocycles. The van der Waals surface area contributed by atoms with Crippen LogP contribution < -0.4 is 11.1 Å². The summed E-state index contributed by atoms with van der Waals surface area (Å²) in [5.74, 6) is 4.04. The number of hydrogen-bond acceptors (Lipinski definition) is 4. The number of aliphatic carboxylic acids is 1. The monoisotopic (exact) mass is 302 g/mol. The zero-order valence-corrected chi connectivity index (χ0v) is 12.2. The van der Waals surface area contributed by atoms with Crippen molar-refractivity contribution in [1.82, 2.24) is 5.32 Å². The lowest BCUT2D eigenvalue weighted by molar-refractivity contribution is -0.138. The number of ether oxygens (including phenoxy) is 1. The van der Waals surface area contributed by atoms with Gasteiger partial charge in [0.25, 0.3) is 0 Å². The Bertz CT molecular complexity index is 587. The summed E-state index contributed by atoms with van der Waals surface area (Å²) in [4.78, 5) is 22.7. The van der Waals surface area contributed by atoms with Gasteiger partial charge in [-0.15, -0.1) is 5.92 Å². The highest BCUT2D eigenvalue weighted by atomic mass is 16.5. The molecule has 1 aromatic rings. The standard InChI is InChI=1S/C16H18N2O4/c1-2-6-13(17)9-10-14(15(19)20)18-16(21)22-11-12-7-4-3-5-8-12/h3-5,7-10,13-14H,11,17H2,1H3,(H,18,21)(H,19,20). The van der Waals surface area contributed by atoms with Crippen molar-refractivity contribution in [3.05, 3.63) is 48.0 Å². The number of rotatable bonds is 6. The number of amides is 1. The maximum absolute atomic E-state index is 11.6. The van der Waals surface area contributed by atoms with E-state index >= 15 is 0 Å². The van der Waals surface area contributed by atoms with Gasteiger partial charge in [-0.2, -0.15) is 0 Å². The Hall–Kier alpha value is -2.78. The molecule has 1 amide bonds. The molecule has 1 rings (SSSR count). The van der Waals surface area contributed by atoms with E-state index in [4.69, 9.17) is 15.6 Å². The van der Waals surface area contributed by atoms with Crippen molar-refractivity contribution in [3.63, 3.8) is 0 Å². The molecule has 0 radical (unpaired) electrons. The summed E-state index contributed by atoms with van der Waals surface area (Å²) >= 11 is 0. The highest BCUT2D eigenvalue weighted by Crippen LogP contribution is 2.01. The van der Waals surface area contributed by atoms with E-state index in [9.17, 15) is 9.59 Å². The van der Waals surface area contributed by atoms with Gasteiger partial charge in [0.1, 0.15) is 12.6 Å². The molecular weight excluding hydrogens is 284 g/mol. The average molecular weight is 302 g/mol. The summed E-state index contributed by atoms with van der Waals surface area (Å²) < 4.78 is 4.96. The van der Waals surface area contributed by atoms with Gasteiger partial charge >= 0.3 is 12.1 Å². The number of benzene rings is 1. The minimum atomic E-state index is -1.23. The average Bonchev–Trinajstić information content (AvgIpc) is 2.50. The van der Waals surface area contributed by atoms with E-state index in [0.717, 1.165) is 5.56 Å². The van der Waals surface area contributed by atoms with E-state index in [1.807, 2.05) is 18.2 Å². The minimum Gasteiger partial charge on any atom is -0.479 e. The van der Waals surface area contributed by atoms with E-state index < -0.39 is 24.1 Å². The van der Waals surface area contributed by atoms with Gasteiger partial charge in [0.05, 0.1) is 6.04 Å². The van der Waals surface area contributed by atoms with Crippen LogP contribution in [0.1, 0.15) is 12.5 Å². The number of carboxylic acid groups (broad SMARTS) is 1. The fourth-order valence-corrected chi connectivity index (χ4v) is 1.53. The summed E-state index contributed by atoms with van der Waals surface area (Å²) in [6.07, 6.45) is 1.85. The second-order valence-corrected chi connectivity index (χ2v) is 4.33. The number of carbonyl (C=O) groups excluding carboxylic acids is 1. The number of alkyl carbamates (subject to hydrolysis) is 1. The first-order chi connectivity index (χ1) is 10.5. The maximum Gasteiger partial charge on any atom is 0.408 e. The van der Waals surface area contributed by atoms with Gasteiger partial charge in [0.15, 0.2) is 0 Å². The van der Waals surface area contributed by atoms with Crippen molar-refractivity contribution in [2.45, 2.75) is 25.6 Å². The van der Waals surface area contributed by atoms with Crippen LogP contribution in [-0.2, 0) is 16.1 Å². The molecule has 0 bridgehead atoms. The summed E-state index contributed by atoms with van der Waals surface area (Å²) in [6.45, 7) is 1.69. The number of carbonyl (C=O) groups is 2. The van der Waals surface area contributed by atoms with Crippen LogP contribution in [0.25, 0.3) is 0 Å². The van der Waals surface area contributed by atoms with Crippen molar-refractivity contribution >= 4 is 12.1 Å². The molecule has 22 heavy (non-hydrogen) atoms. The summed E-state index contributed by atoms with van der Waals surface area (Å²) in [7, 11) is 0. The summed E-state index contributed by atoms with van der Waals surface area (Å²) in [6, 6.07) is 7.25. The number of nitrogens with one attached hydrogen (secondary N) is 1. The third kappa shape index (κ3) is 6.59. The van der Waals surface area contributed by atoms with Gasteiger partial charge in [-0.1, -0.05) is 48.4 Å². The Labute approximate surface area is 129 Å². The van der Waals surface area contributed by atoms with Crippen molar-refractivity contribution in [3.8, 4) is 11.8 Å². The SMILES string of the molecule is CC#CC(N)C=CC(NC(=O)OCc1ccccc1)C(=O)O. The Morgan fingerprint density at radius 2 is 2.05 bits per heavy atom. The van der Waals surface area contributed by atoms with Gasteiger partial charge in [-0.3, -0.25) is 0 Å². The molecule has 6 heteroatoms. The zero-order chi connectivity index (χ0) is 16.4. The van der Waals surface area contributed by atoms with E-state index in [2.05, 4.69) is 17.2 Å². The predicted octanol–water partition coefficient (Wildman–Crippen LogP) is 1.27. The number of hydrogen-bond donors (Lipinski definition) is 3. The first-order valence-electron chi connectivity index (χ1n) is 6.59. The van der Waals surface area contributed by atoms with Gasteiger partial charge in [0.2, 0.25) is 0 Å². The number of nitrogens with two attached hydrogens (primary N) is 1. The Balaban J connectivity index is 2.53.